The molecule has 20 aliphatic rings. The van der Waals surface area contributed by atoms with Gasteiger partial charge in [-0.15, -0.1) is 0 Å². The van der Waals surface area contributed by atoms with Gasteiger partial charge in [-0.3, -0.25) is 9.59 Å². The number of hydrogen-bond acceptors (Lipinski definition) is 31. The third kappa shape index (κ3) is 18.0. The summed E-state index contributed by atoms with van der Waals surface area (Å²) in [6.45, 7) is 27.5. The second kappa shape index (κ2) is 31.5. The maximum atomic E-state index is 12.2. The normalized spacial score (nSPS) is 44.3. The van der Waals surface area contributed by atoms with Crippen molar-refractivity contribution in [3.05, 3.63) is 62.3 Å². The molecule has 0 aromatic rings. The molecule has 19 unspecified atom stereocenters. The largest absolute Gasteiger partial charge is 0.463 e. The van der Waals surface area contributed by atoms with Crippen molar-refractivity contribution in [3.63, 3.8) is 0 Å². The molecule has 0 heterocycles. The maximum absolute atomic E-state index is 12.2. The lowest BCUT2D eigenvalue weighted by atomic mass is 9.45. The SMILES string of the molecule is C=C(C)C(=O)OCC(=O)OC12CC3(O)CC(O)(CC(O)(C3)C1C)C2.C=C(C)C(=O)OCC(=O)OC12CC3CC(O)(CC(O)(C3)C1C)C2.C=CC(=O)OCC(=O)OC12CC3CC(O)(CC(O)(C3)C1C)C2.C=CC(=O)OCCC(=O)OC12CC3(O)CC(O)(CC(O)(C3)C1C)C2.C=CC(=O)OCCCC(=O)OC12CC3CC(CC(O)(C3)C1C)C2. The van der Waals surface area contributed by atoms with Crippen LogP contribution in [0.15, 0.2) is 62.3 Å². The van der Waals surface area contributed by atoms with Gasteiger partial charge < -0.3 is 104 Å². The van der Waals surface area contributed by atoms with E-state index < -0.39 is 175 Å². The van der Waals surface area contributed by atoms with Crippen LogP contribution in [0.4, 0.5) is 0 Å². The summed E-state index contributed by atoms with van der Waals surface area (Å²) in [5, 5.41) is 119. The summed E-state index contributed by atoms with van der Waals surface area (Å²) in [5.74, 6) is -6.14. The van der Waals surface area contributed by atoms with Crippen molar-refractivity contribution in [2.24, 2.45) is 53.3 Å². The molecule has 0 spiro atoms. The van der Waals surface area contributed by atoms with E-state index in [1.54, 1.807) is 13.8 Å². The third-order valence-corrected chi connectivity index (χ3v) is 29.1. The fraction of sp³-hybridized carbons (Fsp3) is 0.765. The molecule has 0 amide bonds. The van der Waals surface area contributed by atoms with Gasteiger partial charge in [-0.05, 0) is 115 Å². The molecule has 0 aromatic heterocycles. The minimum Gasteiger partial charge on any atom is -0.463 e. The Morgan fingerprint density at radius 3 is 0.983 bits per heavy atom. The van der Waals surface area contributed by atoms with Gasteiger partial charge >= 0.3 is 59.7 Å². The summed E-state index contributed by atoms with van der Waals surface area (Å²) >= 11 is 0. The lowest BCUT2D eigenvalue weighted by Gasteiger charge is -2.67. The van der Waals surface area contributed by atoms with Crippen LogP contribution < -0.4 is 0 Å². The number of aliphatic hydroxyl groups is 11. The second-order valence-electron chi connectivity index (χ2n) is 38.5. The summed E-state index contributed by atoms with van der Waals surface area (Å²) in [6, 6.07) is 0. The van der Waals surface area contributed by atoms with Gasteiger partial charge in [0, 0.05) is 155 Å². The molecule has 0 saturated heterocycles. The topological polar surface area (TPSA) is 486 Å². The van der Waals surface area contributed by atoms with E-state index in [0.29, 0.717) is 82.5 Å². The first-order valence-electron chi connectivity index (χ1n) is 40.7. The van der Waals surface area contributed by atoms with E-state index in [2.05, 4.69) is 32.9 Å². The lowest BCUT2D eigenvalue weighted by molar-refractivity contribution is -0.327. The molecule has 0 radical (unpaired) electrons. The quantitative estimate of drug-likeness (QED) is 0.0288. The molecular formula is C85H120O31. The van der Waals surface area contributed by atoms with Crippen LogP contribution in [0.1, 0.15) is 228 Å². The lowest BCUT2D eigenvalue weighted by Crippen LogP contribution is -2.76. The molecule has 20 fully saturated rings. The summed E-state index contributed by atoms with van der Waals surface area (Å²) in [6.07, 6.45) is 15.2. The fourth-order valence-corrected chi connectivity index (χ4v) is 25.5. The van der Waals surface area contributed by atoms with Crippen molar-refractivity contribution in [3.8, 4) is 0 Å². The van der Waals surface area contributed by atoms with Gasteiger partial charge in [-0.1, -0.05) is 67.5 Å². The molecule has 20 aliphatic carbocycles. The Morgan fingerprint density at radius 1 is 0.310 bits per heavy atom. The third-order valence-electron chi connectivity index (χ3n) is 29.1. The summed E-state index contributed by atoms with van der Waals surface area (Å²) < 4.78 is 52.3. The predicted octanol–water partition coefficient (Wildman–Crippen LogP) is 4.58. The van der Waals surface area contributed by atoms with Crippen molar-refractivity contribution >= 4 is 59.7 Å². The van der Waals surface area contributed by atoms with Gasteiger partial charge in [0.25, 0.3) is 0 Å². The van der Waals surface area contributed by atoms with Crippen LogP contribution in [0.2, 0.25) is 0 Å². The van der Waals surface area contributed by atoms with Crippen molar-refractivity contribution < 1.29 is 151 Å². The highest BCUT2D eigenvalue weighted by molar-refractivity contribution is 5.89. The number of carbonyl (C=O) groups is 10. The van der Waals surface area contributed by atoms with Crippen molar-refractivity contribution in [1.82, 2.24) is 0 Å². The number of carbonyl (C=O) groups excluding carboxylic acids is 10. The Labute approximate surface area is 674 Å². The maximum Gasteiger partial charge on any atom is 0.344 e. The van der Waals surface area contributed by atoms with Crippen molar-refractivity contribution in [2.75, 3.05) is 33.0 Å². The average Bonchev–Trinajstić information content (AvgIpc) is 0.684. The van der Waals surface area contributed by atoms with E-state index in [4.69, 9.17) is 47.4 Å². The van der Waals surface area contributed by atoms with E-state index in [-0.39, 0.29) is 137 Å². The highest BCUT2D eigenvalue weighted by atomic mass is 16.6. The van der Waals surface area contributed by atoms with Gasteiger partial charge in [-0.25, -0.2) is 38.4 Å². The number of hydrogen-bond donors (Lipinski definition) is 11. The first-order chi connectivity index (χ1) is 53.6. The molecule has 116 heavy (non-hydrogen) atoms. The first-order valence-corrected chi connectivity index (χ1v) is 40.7. The highest BCUT2D eigenvalue weighted by Crippen LogP contribution is 2.69. The molecule has 20 rings (SSSR count). The zero-order valence-corrected chi connectivity index (χ0v) is 67.9. The summed E-state index contributed by atoms with van der Waals surface area (Å²) in [7, 11) is 0. The zero-order valence-electron chi connectivity index (χ0n) is 67.9. The zero-order chi connectivity index (χ0) is 85.7. The Hall–Kier alpha value is -7.04. The molecular weight excluding hydrogens is 1520 g/mol. The van der Waals surface area contributed by atoms with Gasteiger partial charge in [0.15, 0.2) is 19.8 Å². The Bertz CT molecular complexity index is 3900. The average molecular weight is 1640 g/mol. The van der Waals surface area contributed by atoms with Gasteiger partial charge in [-0.2, -0.15) is 0 Å². The molecule has 31 heteroatoms. The molecule has 20 bridgehead atoms. The van der Waals surface area contributed by atoms with Crippen LogP contribution in [0.3, 0.4) is 0 Å². The molecule has 646 valence electrons. The van der Waals surface area contributed by atoms with Crippen LogP contribution in [-0.2, 0) is 95.3 Å². The van der Waals surface area contributed by atoms with E-state index in [1.807, 2.05) is 20.8 Å². The van der Waals surface area contributed by atoms with Gasteiger partial charge in [0.1, 0.15) is 34.6 Å². The summed E-state index contributed by atoms with van der Waals surface area (Å²) in [4.78, 5) is 116. The smallest absolute Gasteiger partial charge is 0.344 e. The Morgan fingerprint density at radius 2 is 0.603 bits per heavy atom. The fourth-order valence-electron chi connectivity index (χ4n) is 25.5. The van der Waals surface area contributed by atoms with E-state index in [9.17, 15) is 104 Å². The van der Waals surface area contributed by atoms with Crippen LogP contribution in [0.25, 0.3) is 0 Å². The second-order valence-corrected chi connectivity index (χ2v) is 38.5. The molecule has 0 aliphatic heterocycles. The molecule has 0 aromatic carbocycles. The minimum atomic E-state index is -1.28. The monoisotopic (exact) mass is 1640 g/mol. The van der Waals surface area contributed by atoms with Crippen LogP contribution in [-0.4, -0.2) is 239 Å². The van der Waals surface area contributed by atoms with Crippen LogP contribution in [0.5, 0.6) is 0 Å². The van der Waals surface area contributed by atoms with E-state index in [0.717, 1.165) is 50.3 Å². The Kier molecular flexibility index (Phi) is 24.4. The highest BCUT2D eigenvalue weighted by Gasteiger charge is 2.76. The van der Waals surface area contributed by atoms with E-state index >= 15 is 0 Å². The van der Waals surface area contributed by atoms with Crippen LogP contribution >= 0.6 is 0 Å². The van der Waals surface area contributed by atoms with Crippen molar-refractivity contribution in [1.29, 1.82) is 0 Å². The molecule has 31 nitrogen and oxygen atoms in total. The number of rotatable bonds is 23. The first kappa shape index (κ1) is 89.7. The molecule has 11 N–H and O–H groups in total. The Balaban J connectivity index is 0.000000143. The predicted molar refractivity (Wildman–Crippen MR) is 403 cm³/mol. The number of ether oxygens (including phenoxy) is 10. The number of esters is 10. The minimum absolute atomic E-state index is 0.00894. The standard InChI is InChI=1S/C18H26O5.2C17H24O7.C17H24O6.C16H22O6/c1-3-15(19)22-6-4-5-16(20)23-18-10-13-7-14(11-18)9-17(21,8-13)12(18)2;1-10(2)13(19)23-4-12(18)24-17-8-14(20)5-15(21,9-17)7-16(22,6-14)11(17)3;1-3-12(18)23-5-4-13(19)24-17-9-14(20)6-15(21,10-17)8-16(22,7-14)11(17)2;1-10(2)14(19)22-7-13(18)23-17-6-12-4-15(20,9-17)8-16(21,5-12)11(17)3;1-3-12(17)21-7-13(18)22-16-6-11-4-14(19,9-16)8-15(20,5-11)10(16)2/h3,12-14,21H,1,4-11H2,2H3;11,20-22H,1,4-9H2,2-3H3;3,11,20-22H,1,4-10H2,2H3;11-12,20-21H,1,4-9H2,2-3H3;3,10-11,19-20H,1,4-9H2,2H3. The summed E-state index contributed by atoms with van der Waals surface area (Å²) in [5.41, 5.74) is -16.3. The van der Waals surface area contributed by atoms with E-state index in [1.165, 1.54) is 13.8 Å². The van der Waals surface area contributed by atoms with Crippen molar-refractivity contribution in [2.45, 2.75) is 318 Å². The van der Waals surface area contributed by atoms with Gasteiger partial charge in [0.2, 0.25) is 0 Å². The molecule has 19 atom stereocenters. The molecule has 20 saturated carbocycles. The van der Waals surface area contributed by atoms with Gasteiger partial charge in [0.05, 0.1) is 74.6 Å². The van der Waals surface area contributed by atoms with Crippen LogP contribution in [0, 0.1) is 53.3 Å².